The highest BCUT2D eigenvalue weighted by Gasteiger charge is 2.23. The van der Waals surface area contributed by atoms with Crippen LogP contribution in [0.2, 0.25) is 0 Å². The van der Waals surface area contributed by atoms with Crippen LogP contribution in [0, 0.1) is 0 Å². The van der Waals surface area contributed by atoms with E-state index in [4.69, 9.17) is 9.26 Å². The number of nitrogens with zero attached hydrogens (tertiary/aromatic N) is 1. The molecule has 1 fully saturated rings. The second-order valence-electron chi connectivity index (χ2n) is 5.33. The van der Waals surface area contributed by atoms with Crippen molar-refractivity contribution < 1.29 is 18.8 Å². The molecule has 0 saturated heterocycles. The number of rotatable bonds is 6. The summed E-state index contributed by atoms with van der Waals surface area (Å²) >= 11 is 0. The van der Waals surface area contributed by atoms with Gasteiger partial charge in [-0.2, -0.15) is 0 Å². The van der Waals surface area contributed by atoms with E-state index in [1.165, 1.54) is 6.07 Å². The summed E-state index contributed by atoms with van der Waals surface area (Å²) < 4.78 is 10.3. The molecule has 1 aromatic carbocycles. The molecule has 0 spiro atoms. The van der Waals surface area contributed by atoms with E-state index >= 15 is 0 Å². The summed E-state index contributed by atoms with van der Waals surface area (Å²) in [4.78, 5) is 23.5. The third kappa shape index (κ3) is 3.88. The molecule has 1 aromatic heterocycles. The molecule has 1 aliphatic carbocycles. The van der Waals surface area contributed by atoms with Crippen LogP contribution in [0.1, 0.15) is 23.3 Å². The van der Waals surface area contributed by atoms with E-state index in [0.29, 0.717) is 11.5 Å². The molecule has 0 atom stereocenters. The third-order valence-corrected chi connectivity index (χ3v) is 3.45. The van der Waals surface area contributed by atoms with Gasteiger partial charge in [-0.15, -0.1) is 0 Å². The molecular formula is C16H17N3O4. The highest BCUT2D eigenvalue weighted by Crippen LogP contribution is 2.24. The lowest BCUT2D eigenvalue weighted by molar-refractivity contribution is -0.120. The highest BCUT2D eigenvalue weighted by molar-refractivity contribution is 5.95. The Morgan fingerprint density at radius 1 is 1.35 bits per heavy atom. The zero-order valence-corrected chi connectivity index (χ0v) is 12.7. The molecule has 0 bridgehead atoms. The molecule has 1 saturated carbocycles. The van der Waals surface area contributed by atoms with E-state index in [2.05, 4.69) is 15.8 Å². The monoisotopic (exact) mass is 315 g/mol. The summed E-state index contributed by atoms with van der Waals surface area (Å²) in [6.45, 7) is -0.0727. The number of ether oxygens (including phenoxy) is 1. The van der Waals surface area contributed by atoms with Gasteiger partial charge in [-0.3, -0.25) is 9.59 Å². The molecule has 2 aromatic rings. The summed E-state index contributed by atoms with van der Waals surface area (Å²) in [5.74, 6) is 0.490. The first-order chi connectivity index (χ1) is 11.2. The van der Waals surface area contributed by atoms with E-state index in [1.54, 1.807) is 13.2 Å². The maximum atomic E-state index is 12.0. The second kappa shape index (κ2) is 6.51. The molecule has 0 radical (unpaired) electrons. The van der Waals surface area contributed by atoms with Crippen molar-refractivity contribution in [3.8, 4) is 17.1 Å². The summed E-state index contributed by atoms with van der Waals surface area (Å²) in [5.41, 5.74) is 0.879. The first kappa shape index (κ1) is 15.1. The van der Waals surface area contributed by atoms with E-state index in [1.807, 2.05) is 18.2 Å². The molecule has 7 nitrogen and oxygen atoms in total. The lowest BCUT2D eigenvalue weighted by atomic mass is 10.1. The van der Waals surface area contributed by atoms with E-state index in [9.17, 15) is 9.59 Å². The molecule has 0 unspecified atom stereocenters. The standard InChI is InChI=1S/C16H17N3O4/c1-22-12-4-2-3-10(7-12)14-8-13(19-23-14)16(21)17-9-15(20)18-11-5-6-11/h2-4,7-8,11H,5-6,9H2,1H3,(H,17,21)(H,18,20). The quantitative estimate of drug-likeness (QED) is 0.839. The second-order valence-corrected chi connectivity index (χ2v) is 5.33. The van der Waals surface area contributed by atoms with E-state index in [0.717, 1.165) is 18.4 Å². The molecule has 120 valence electrons. The van der Waals surface area contributed by atoms with Crippen LogP contribution in [0.4, 0.5) is 0 Å². The average Bonchev–Trinajstić information content (AvgIpc) is 3.24. The van der Waals surface area contributed by atoms with Crippen molar-refractivity contribution in [1.82, 2.24) is 15.8 Å². The summed E-state index contributed by atoms with van der Waals surface area (Å²) in [7, 11) is 1.57. The van der Waals surface area contributed by atoms with Gasteiger partial charge in [0.15, 0.2) is 11.5 Å². The van der Waals surface area contributed by atoms with Gasteiger partial charge in [0.2, 0.25) is 5.91 Å². The minimum Gasteiger partial charge on any atom is -0.497 e. The van der Waals surface area contributed by atoms with Gasteiger partial charge < -0.3 is 19.9 Å². The Kier molecular flexibility index (Phi) is 4.27. The van der Waals surface area contributed by atoms with Crippen molar-refractivity contribution in [2.45, 2.75) is 18.9 Å². The van der Waals surface area contributed by atoms with E-state index < -0.39 is 5.91 Å². The number of nitrogens with one attached hydrogen (secondary N) is 2. The van der Waals surface area contributed by atoms with Crippen LogP contribution in [0.15, 0.2) is 34.9 Å². The van der Waals surface area contributed by atoms with Crippen LogP contribution < -0.4 is 15.4 Å². The molecule has 3 rings (SSSR count). The Morgan fingerprint density at radius 3 is 2.91 bits per heavy atom. The molecule has 2 N–H and O–H groups in total. The topological polar surface area (TPSA) is 93.5 Å². The Hall–Kier alpha value is -2.83. The minimum atomic E-state index is -0.450. The summed E-state index contributed by atoms with van der Waals surface area (Å²) in [6.07, 6.45) is 2.01. The number of aromatic nitrogens is 1. The van der Waals surface area contributed by atoms with Crippen LogP contribution in [0.5, 0.6) is 5.75 Å². The molecule has 23 heavy (non-hydrogen) atoms. The molecule has 7 heteroatoms. The number of carbonyl (C=O) groups is 2. The molecule has 1 aliphatic rings. The van der Waals surface area contributed by atoms with Gasteiger partial charge in [0, 0.05) is 17.7 Å². The van der Waals surface area contributed by atoms with Crippen LogP contribution >= 0.6 is 0 Å². The lowest BCUT2D eigenvalue weighted by Gasteiger charge is -2.03. The third-order valence-electron chi connectivity index (χ3n) is 3.45. The SMILES string of the molecule is COc1cccc(-c2cc(C(=O)NCC(=O)NC3CC3)no2)c1. The van der Waals surface area contributed by atoms with Gasteiger partial charge >= 0.3 is 0 Å². The van der Waals surface area contributed by atoms with Gasteiger partial charge in [-0.25, -0.2) is 0 Å². The average molecular weight is 315 g/mol. The molecular weight excluding hydrogens is 298 g/mol. The lowest BCUT2D eigenvalue weighted by Crippen LogP contribution is -2.37. The number of hydrogen-bond acceptors (Lipinski definition) is 5. The molecule has 0 aliphatic heterocycles. The maximum Gasteiger partial charge on any atom is 0.273 e. The van der Waals surface area contributed by atoms with Crippen molar-refractivity contribution in [2.24, 2.45) is 0 Å². The zero-order valence-electron chi connectivity index (χ0n) is 12.7. The predicted molar refractivity (Wildman–Crippen MR) is 82.0 cm³/mol. The van der Waals surface area contributed by atoms with Gasteiger partial charge in [-0.1, -0.05) is 17.3 Å². The number of amides is 2. The zero-order chi connectivity index (χ0) is 16.2. The largest absolute Gasteiger partial charge is 0.497 e. The number of methoxy groups -OCH3 is 1. The normalized spacial score (nSPS) is 13.4. The summed E-state index contributed by atoms with van der Waals surface area (Å²) in [5, 5.41) is 9.05. The Bertz CT molecular complexity index is 722. The Balaban J connectivity index is 1.61. The fraction of sp³-hybridized carbons (Fsp3) is 0.312. The van der Waals surface area contributed by atoms with Crippen LogP contribution in [0.25, 0.3) is 11.3 Å². The van der Waals surface area contributed by atoms with Crippen molar-refractivity contribution in [3.05, 3.63) is 36.0 Å². The van der Waals surface area contributed by atoms with Gasteiger partial charge in [-0.05, 0) is 25.0 Å². The predicted octanol–water partition coefficient (Wildman–Crippen LogP) is 1.36. The fourth-order valence-corrected chi connectivity index (χ4v) is 2.05. The smallest absolute Gasteiger partial charge is 0.273 e. The van der Waals surface area contributed by atoms with Crippen molar-refractivity contribution in [3.63, 3.8) is 0 Å². The number of hydrogen-bond donors (Lipinski definition) is 2. The van der Waals surface area contributed by atoms with Crippen LogP contribution in [-0.2, 0) is 4.79 Å². The minimum absolute atomic E-state index is 0.0727. The maximum absolute atomic E-state index is 12.0. The summed E-state index contributed by atoms with van der Waals surface area (Å²) in [6, 6.07) is 9.04. The van der Waals surface area contributed by atoms with Crippen molar-refractivity contribution in [2.75, 3.05) is 13.7 Å². The first-order valence-corrected chi connectivity index (χ1v) is 7.34. The van der Waals surface area contributed by atoms with E-state index in [-0.39, 0.29) is 24.2 Å². The van der Waals surface area contributed by atoms with Crippen LogP contribution in [-0.4, -0.2) is 36.7 Å². The van der Waals surface area contributed by atoms with Crippen molar-refractivity contribution >= 4 is 11.8 Å². The van der Waals surface area contributed by atoms with Gasteiger partial charge in [0.25, 0.3) is 5.91 Å². The Morgan fingerprint density at radius 2 is 2.17 bits per heavy atom. The van der Waals surface area contributed by atoms with Crippen molar-refractivity contribution in [1.29, 1.82) is 0 Å². The fourth-order valence-electron chi connectivity index (χ4n) is 2.05. The van der Waals surface area contributed by atoms with Gasteiger partial charge in [0.05, 0.1) is 13.7 Å². The molecule has 1 heterocycles. The first-order valence-electron chi connectivity index (χ1n) is 7.34. The number of benzene rings is 1. The highest BCUT2D eigenvalue weighted by atomic mass is 16.5. The number of carbonyl (C=O) groups excluding carboxylic acids is 2. The van der Waals surface area contributed by atoms with Crippen LogP contribution in [0.3, 0.4) is 0 Å². The Labute approximate surface area is 133 Å². The molecule has 2 amide bonds. The van der Waals surface area contributed by atoms with Gasteiger partial charge in [0.1, 0.15) is 5.75 Å².